The minimum absolute atomic E-state index is 0.519. The lowest BCUT2D eigenvalue weighted by molar-refractivity contribution is 0.146. The predicted octanol–water partition coefficient (Wildman–Crippen LogP) is 2.17. The van der Waals surface area contributed by atoms with Crippen LogP contribution in [0.1, 0.15) is 17.6 Å². The first kappa shape index (κ1) is 12.4. The summed E-state index contributed by atoms with van der Waals surface area (Å²) in [7, 11) is 0. The Morgan fingerprint density at radius 1 is 1.24 bits per heavy atom. The number of alkyl halides is 2. The molecule has 0 aromatic heterocycles. The van der Waals surface area contributed by atoms with Crippen LogP contribution in [0.25, 0.3) is 0 Å². The van der Waals surface area contributed by atoms with Crippen molar-refractivity contribution in [2.45, 2.75) is 13.0 Å². The van der Waals surface area contributed by atoms with Crippen molar-refractivity contribution in [1.82, 2.24) is 10.2 Å². The molecular formula is C12H15F3N2. The van der Waals surface area contributed by atoms with Gasteiger partial charge in [0.05, 0.1) is 5.56 Å². The molecule has 0 unspecified atom stereocenters. The van der Waals surface area contributed by atoms with E-state index in [-0.39, 0.29) is 0 Å². The average molecular weight is 244 g/mol. The molecule has 0 spiro atoms. The van der Waals surface area contributed by atoms with Crippen LogP contribution in [-0.4, -0.2) is 31.1 Å². The molecule has 0 saturated carbocycles. The van der Waals surface area contributed by atoms with Crippen molar-refractivity contribution in [3.8, 4) is 0 Å². The highest BCUT2D eigenvalue weighted by atomic mass is 19.3. The van der Waals surface area contributed by atoms with Gasteiger partial charge >= 0.3 is 0 Å². The predicted molar refractivity (Wildman–Crippen MR) is 59.5 cm³/mol. The molecule has 2 rings (SSSR count). The molecule has 0 aliphatic carbocycles. The Balaban J connectivity index is 2.04. The fourth-order valence-electron chi connectivity index (χ4n) is 1.97. The van der Waals surface area contributed by atoms with E-state index in [9.17, 15) is 13.2 Å². The van der Waals surface area contributed by atoms with Gasteiger partial charge < -0.3 is 5.32 Å². The second-order valence-corrected chi connectivity index (χ2v) is 4.18. The number of hydrogen-bond acceptors (Lipinski definition) is 2. The topological polar surface area (TPSA) is 15.3 Å². The average Bonchev–Trinajstić information content (AvgIpc) is 2.30. The Morgan fingerprint density at radius 2 is 1.94 bits per heavy atom. The first-order valence-electron chi connectivity index (χ1n) is 5.66. The molecule has 0 amide bonds. The van der Waals surface area contributed by atoms with Gasteiger partial charge in [0.25, 0.3) is 6.43 Å². The summed E-state index contributed by atoms with van der Waals surface area (Å²) in [6.45, 7) is 4.24. The molecule has 0 bridgehead atoms. The van der Waals surface area contributed by atoms with Crippen molar-refractivity contribution in [2.24, 2.45) is 0 Å². The largest absolute Gasteiger partial charge is 0.314 e. The molecule has 94 valence electrons. The molecule has 0 atom stereocenters. The Morgan fingerprint density at radius 3 is 2.53 bits per heavy atom. The summed E-state index contributed by atoms with van der Waals surface area (Å²) in [5, 5.41) is 3.22. The lowest BCUT2D eigenvalue weighted by Gasteiger charge is -2.27. The van der Waals surface area contributed by atoms with Crippen LogP contribution in [-0.2, 0) is 6.54 Å². The molecule has 1 aliphatic rings. The Labute approximate surface area is 98.4 Å². The SMILES string of the molecule is Fc1cc(CN2CCNCC2)ccc1C(F)F. The minimum Gasteiger partial charge on any atom is -0.314 e. The van der Waals surface area contributed by atoms with Gasteiger partial charge in [0.2, 0.25) is 0 Å². The van der Waals surface area contributed by atoms with Crippen LogP contribution in [0.2, 0.25) is 0 Å². The Bertz CT molecular complexity index is 376. The number of nitrogens with one attached hydrogen (secondary N) is 1. The van der Waals surface area contributed by atoms with E-state index in [4.69, 9.17) is 0 Å². The summed E-state index contributed by atoms with van der Waals surface area (Å²) in [5.74, 6) is -0.812. The van der Waals surface area contributed by atoms with Crippen molar-refractivity contribution in [2.75, 3.05) is 26.2 Å². The van der Waals surface area contributed by atoms with Gasteiger partial charge in [-0.25, -0.2) is 13.2 Å². The normalized spacial score (nSPS) is 17.6. The number of halogens is 3. The molecule has 1 aromatic rings. The van der Waals surface area contributed by atoms with Gasteiger partial charge in [-0.05, 0) is 11.6 Å². The number of nitrogens with zero attached hydrogens (tertiary/aromatic N) is 1. The van der Waals surface area contributed by atoms with Crippen molar-refractivity contribution in [3.05, 3.63) is 35.1 Å². The van der Waals surface area contributed by atoms with Crippen molar-refractivity contribution in [1.29, 1.82) is 0 Å². The van der Waals surface area contributed by atoms with Crippen molar-refractivity contribution >= 4 is 0 Å². The fourth-order valence-corrected chi connectivity index (χ4v) is 1.97. The number of piperazine rings is 1. The maximum atomic E-state index is 13.3. The molecule has 17 heavy (non-hydrogen) atoms. The zero-order chi connectivity index (χ0) is 12.3. The summed E-state index contributed by atoms with van der Waals surface area (Å²) in [6, 6.07) is 3.97. The molecule has 1 aliphatic heterocycles. The van der Waals surface area contributed by atoms with Gasteiger partial charge in [-0.3, -0.25) is 4.90 Å². The summed E-state index contributed by atoms with van der Waals surface area (Å²) < 4.78 is 38.1. The summed E-state index contributed by atoms with van der Waals surface area (Å²) in [4.78, 5) is 2.17. The van der Waals surface area contributed by atoms with Crippen LogP contribution >= 0.6 is 0 Å². The second-order valence-electron chi connectivity index (χ2n) is 4.18. The van der Waals surface area contributed by atoms with Gasteiger partial charge in [-0.15, -0.1) is 0 Å². The van der Waals surface area contributed by atoms with Gasteiger partial charge in [-0.1, -0.05) is 12.1 Å². The quantitative estimate of drug-likeness (QED) is 0.876. The van der Waals surface area contributed by atoms with E-state index in [1.807, 2.05) is 0 Å². The van der Waals surface area contributed by atoms with Crippen LogP contribution in [0.15, 0.2) is 18.2 Å². The summed E-state index contributed by atoms with van der Waals surface area (Å²) >= 11 is 0. The van der Waals surface area contributed by atoms with Crippen molar-refractivity contribution in [3.63, 3.8) is 0 Å². The number of hydrogen-bond donors (Lipinski definition) is 1. The fraction of sp³-hybridized carbons (Fsp3) is 0.500. The summed E-state index contributed by atoms with van der Waals surface area (Å²) in [5.41, 5.74) is 0.225. The van der Waals surface area contributed by atoms with Gasteiger partial charge in [-0.2, -0.15) is 0 Å². The van der Waals surface area contributed by atoms with E-state index < -0.39 is 17.8 Å². The first-order valence-corrected chi connectivity index (χ1v) is 5.66. The highest BCUT2D eigenvalue weighted by Crippen LogP contribution is 2.23. The Kier molecular flexibility index (Phi) is 4.02. The van der Waals surface area contributed by atoms with E-state index in [1.54, 1.807) is 6.07 Å². The van der Waals surface area contributed by atoms with Gasteiger partial charge in [0.15, 0.2) is 0 Å². The highest BCUT2D eigenvalue weighted by molar-refractivity contribution is 5.25. The molecular weight excluding hydrogens is 229 g/mol. The van der Waals surface area contributed by atoms with Crippen LogP contribution < -0.4 is 5.32 Å². The van der Waals surface area contributed by atoms with Crippen LogP contribution in [0.4, 0.5) is 13.2 Å². The second kappa shape index (κ2) is 5.51. The number of benzene rings is 1. The minimum atomic E-state index is -2.75. The third-order valence-electron chi connectivity index (χ3n) is 2.92. The van der Waals surface area contributed by atoms with E-state index in [0.29, 0.717) is 6.54 Å². The zero-order valence-corrected chi connectivity index (χ0v) is 9.43. The molecule has 0 radical (unpaired) electrons. The molecule has 5 heteroatoms. The van der Waals surface area contributed by atoms with E-state index in [1.165, 1.54) is 12.1 Å². The molecule has 1 fully saturated rings. The van der Waals surface area contributed by atoms with Crippen LogP contribution in [0.5, 0.6) is 0 Å². The third kappa shape index (κ3) is 3.20. The first-order chi connectivity index (χ1) is 8.16. The van der Waals surface area contributed by atoms with Gasteiger partial charge in [0.1, 0.15) is 5.82 Å². The van der Waals surface area contributed by atoms with E-state index in [2.05, 4.69) is 10.2 Å². The third-order valence-corrected chi connectivity index (χ3v) is 2.92. The highest BCUT2D eigenvalue weighted by Gasteiger charge is 2.15. The molecule has 1 heterocycles. The number of rotatable bonds is 3. The molecule has 1 aromatic carbocycles. The lowest BCUT2D eigenvalue weighted by Crippen LogP contribution is -2.42. The zero-order valence-electron chi connectivity index (χ0n) is 9.43. The van der Waals surface area contributed by atoms with Crippen molar-refractivity contribution < 1.29 is 13.2 Å². The lowest BCUT2D eigenvalue weighted by atomic mass is 10.1. The van der Waals surface area contributed by atoms with Gasteiger partial charge in [0, 0.05) is 32.7 Å². The maximum Gasteiger partial charge on any atom is 0.266 e. The monoisotopic (exact) mass is 244 g/mol. The van der Waals surface area contributed by atoms with E-state index in [0.717, 1.165) is 31.7 Å². The smallest absolute Gasteiger partial charge is 0.266 e. The summed E-state index contributed by atoms with van der Waals surface area (Å²) in [6.07, 6.45) is -2.75. The molecule has 1 saturated heterocycles. The Hall–Kier alpha value is -1.07. The van der Waals surface area contributed by atoms with Crippen LogP contribution in [0, 0.1) is 5.82 Å². The van der Waals surface area contributed by atoms with Crippen LogP contribution in [0.3, 0.4) is 0 Å². The van der Waals surface area contributed by atoms with E-state index >= 15 is 0 Å². The maximum absolute atomic E-state index is 13.3. The molecule has 1 N–H and O–H groups in total. The molecule has 2 nitrogen and oxygen atoms in total. The standard InChI is InChI=1S/C12H15F3N2/c13-11-7-9(1-2-10(11)12(14)15)8-17-5-3-16-4-6-17/h1-2,7,12,16H,3-6,8H2.